The Bertz CT molecular complexity index is 171. The number of unbranched alkanes of at least 4 members (excludes halogenated alkanes) is 2. The van der Waals surface area contributed by atoms with Gasteiger partial charge in [0.15, 0.2) is 0 Å². The number of aliphatic hydroxyl groups excluding tert-OH is 1. The summed E-state index contributed by atoms with van der Waals surface area (Å²) in [5, 5.41) is 12.9. The van der Waals surface area contributed by atoms with Crippen molar-refractivity contribution in [2.24, 2.45) is 0 Å². The minimum atomic E-state index is -0.402. The van der Waals surface area contributed by atoms with Crippen molar-refractivity contribution in [1.82, 2.24) is 5.32 Å². The standard InChI is InChI=1S/C13H29NO2S/c1-13(2,3)16-11-12(15)10-14-8-6-5-7-9-17-4/h12,14-15H,5-11H2,1-4H3. The minimum absolute atomic E-state index is 0.168. The summed E-state index contributed by atoms with van der Waals surface area (Å²) in [5.41, 5.74) is -0.168. The Balaban J connectivity index is 3.25. The van der Waals surface area contributed by atoms with Crippen molar-refractivity contribution in [3.8, 4) is 0 Å². The van der Waals surface area contributed by atoms with Gasteiger partial charge >= 0.3 is 0 Å². The van der Waals surface area contributed by atoms with Crippen molar-refractivity contribution < 1.29 is 9.84 Å². The molecule has 2 N–H and O–H groups in total. The highest BCUT2D eigenvalue weighted by atomic mass is 32.2. The third-order valence-corrected chi connectivity index (χ3v) is 2.99. The molecular formula is C13H29NO2S. The van der Waals surface area contributed by atoms with Gasteiger partial charge in [-0.2, -0.15) is 11.8 Å². The van der Waals surface area contributed by atoms with Crippen molar-refractivity contribution in [2.45, 2.75) is 51.7 Å². The van der Waals surface area contributed by atoms with E-state index < -0.39 is 6.10 Å². The van der Waals surface area contributed by atoms with Gasteiger partial charge < -0.3 is 15.2 Å². The smallest absolute Gasteiger partial charge is 0.0897 e. The first-order valence-corrected chi connectivity index (χ1v) is 7.87. The average molecular weight is 263 g/mol. The fourth-order valence-corrected chi connectivity index (χ4v) is 1.84. The molecule has 0 fully saturated rings. The molecule has 0 radical (unpaired) electrons. The number of nitrogens with one attached hydrogen (secondary N) is 1. The van der Waals surface area contributed by atoms with Gasteiger partial charge in [-0.25, -0.2) is 0 Å². The maximum absolute atomic E-state index is 9.66. The number of ether oxygens (including phenoxy) is 1. The summed E-state index contributed by atoms with van der Waals surface area (Å²) in [5.74, 6) is 1.25. The fourth-order valence-electron chi connectivity index (χ4n) is 1.35. The monoisotopic (exact) mass is 263 g/mol. The molecule has 0 spiro atoms. The second kappa shape index (κ2) is 10.2. The van der Waals surface area contributed by atoms with E-state index in [1.54, 1.807) is 0 Å². The lowest BCUT2D eigenvalue weighted by Gasteiger charge is -2.22. The molecule has 1 atom stereocenters. The molecule has 1 unspecified atom stereocenters. The normalized spacial score (nSPS) is 13.9. The van der Waals surface area contributed by atoms with Gasteiger partial charge in [0.1, 0.15) is 0 Å². The molecule has 0 aliphatic carbocycles. The van der Waals surface area contributed by atoms with Crippen LogP contribution in [0.2, 0.25) is 0 Å². The van der Waals surface area contributed by atoms with E-state index in [1.165, 1.54) is 25.0 Å². The van der Waals surface area contributed by atoms with Crippen LogP contribution in [0.1, 0.15) is 40.0 Å². The number of aliphatic hydroxyl groups is 1. The van der Waals surface area contributed by atoms with Crippen LogP contribution in [0.4, 0.5) is 0 Å². The fraction of sp³-hybridized carbons (Fsp3) is 1.00. The van der Waals surface area contributed by atoms with Crippen LogP contribution in [0.5, 0.6) is 0 Å². The molecule has 0 rings (SSSR count). The van der Waals surface area contributed by atoms with Crippen LogP contribution >= 0.6 is 11.8 Å². The molecule has 0 aromatic carbocycles. The quantitative estimate of drug-likeness (QED) is 0.593. The Kier molecular flexibility index (Phi) is 10.3. The molecule has 0 saturated carbocycles. The predicted octanol–water partition coefficient (Wildman–Crippen LogP) is 2.29. The van der Waals surface area contributed by atoms with Gasteiger partial charge in [-0.05, 0) is 52.2 Å². The highest BCUT2D eigenvalue weighted by Gasteiger charge is 2.12. The Hall–Kier alpha value is 0.230. The number of thioether (sulfide) groups is 1. The van der Waals surface area contributed by atoms with Gasteiger partial charge in [0.05, 0.1) is 18.3 Å². The first kappa shape index (κ1) is 17.2. The van der Waals surface area contributed by atoms with E-state index in [1.807, 2.05) is 32.5 Å². The van der Waals surface area contributed by atoms with E-state index in [9.17, 15) is 5.11 Å². The highest BCUT2D eigenvalue weighted by molar-refractivity contribution is 7.98. The van der Waals surface area contributed by atoms with Crippen LogP contribution in [0, 0.1) is 0 Å². The van der Waals surface area contributed by atoms with Crippen LogP contribution in [0.25, 0.3) is 0 Å². The van der Waals surface area contributed by atoms with E-state index in [-0.39, 0.29) is 5.60 Å². The van der Waals surface area contributed by atoms with Gasteiger partial charge in [0.2, 0.25) is 0 Å². The number of hydrogen-bond acceptors (Lipinski definition) is 4. The topological polar surface area (TPSA) is 41.5 Å². The van der Waals surface area contributed by atoms with Gasteiger partial charge in [-0.15, -0.1) is 0 Å². The average Bonchev–Trinajstić information content (AvgIpc) is 2.24. The molecule has 0 aliphatic heterocycles. The summed E-state index contributed by atoms with van der Waals surface area (Å²) in [4.78, 5) is 0. The lowest BCUT2D eigenvalue weighted by molar-refractivity contribution is -0.0478. The summed E-state index contributed by atoms with van der Waals surface area (Å²) in [7, 11) is 0. The summed E-state index contributed by atoms with van der Waals surface area (Å²) in [6.07, 6.45) is 5.48. The zero-order valence-electron chi connectivity index (χ0n) is 11.8. The lowest BCUT2D eigenvalue weighted by Crippen LogP contribution is -2.34. The van der Waals surface area contributed by atoms with E-state index in [0.29, 0.717) is 13.2 Å². The van der Waals surface area contributed by atoms with E-state index in [2.05, 4.69) is 11.6 Å². The summed E-state index contributed by atoms with van der Waals surface area (Å²) < 4.78 is 5.51. The third-order valence-electron chi connectivity index (χ3n) is 2.29. The Morgan fingerprint density at radius 1 is 1.24 bits per heavy atom. The maximum atomic E-state index is 9.66. The second-order valence-electron chi connectivity index (χ2n) is 5.33. The van der Waals surface area contributed by atoms with Gasteiger partial charge in [-0.1, -0.05) is 6.42 Å². The van der Waals surface area contributed by atoms with Gasteiger partial charge in [0.25, 0.3) is 0 Å². The molecule has 0 bridgehead atoms. The summed E-state index contributed by atoms with van der Waals surface area (Å²) in [6, 6.07) is 0. The zero-order chi connectivity index (χ0) is 13.1. The number of rotatable bonds is 10. The van der Waals surface area contributed by atoms with Crippen molar-refractivity contribution >= 4 is 11.8 Å². The first-order chi connectivity index (χ1) is 7.95. The van der Waals surface area contributed by atoms with Crippen molar-refractivity contribution in [3.05, 3.63) is 0 Å². The van der Waals surface area contributed by atoms with Crippen LogP contribution < -0.4 is 5.32 Å². The molecule has 0 heterocycles. The molecule has 0 aliphatic rings. The summed E-state index contributed by atoms with van der Waals surface area (Å²) in [6.45, 7) is 8.01. The number of hydrogen-bond donors (Lipinski definition) is 2. The molecule has 0 aromatic rings. The Morgan fingerprint density at radius 2 is 1.94 bits per heavy atom. The van der Waals surface area contributed by atoms with Crippen molar-refractivity contribution in [1.29, 1.82) is 0 Å². The van der Waals surface area contributed by atoms with E-state index in [4.69, 9.17) is 4.74 Å². The van der Waals surface area contributed by atoms with Gasteiger partial charge in [0, 0.05) is 6.54 Å². The second-order valence-corrected chi connectivity index (χ2v) is 6.32. The molecule has 0 amide bonds. The predicted molar refractivity (Wildman–Crippen MR) is 76.8 cm³/mol. The van der Waals surface area contributed by atoms with Crippen LogP contribution in [-0.2, 0) is 4.74 Å². The molecule has 17 heavy (non-hydrogen) atoms. The largest absolute Gasteiger partial charge is 0.389 e. The minimum Gasteiger partial charge on any atom is -0.389 e. The maximum Gasteiger partial charge on any atom is 0.0897 e. The Labute approximate surface area is 111 Å². The van der Waals surface area contributed by atoms with Gasteiger partial charge in [-0.3, -0.25) is 0 Å². The highest BCUT2D eigenvalue weighted by Crippen LogP contribution is 2.06. The Morgan fingerprint density at radius 3 is 2.53 bits per heavy atom. The van der Waals surface area contributed by atoms with Crippen LogP contribution in [0.3, 0.4) is 0 Å². The molecule has 104 valence electrons. The zero-order valence-corrected chi connectivity index (χ0v) is 12.6. The van der Waals surface area contributed by atoms with E-state index in [0.717, 1.165) is 6.54 Å². The lowest BCUT2D eigenvalue weighted by atomic mass is 10.2. The first-order valence-electron chi connectivity index (χ1n) is 6.47. The third kappa shape index (κ3) is 14.2. The molecule has 0 aromatic heterocycles. The molecular weight excluding hydrogens is 234 g/mol. The molecule has 0 saturated heterocycles. The van der Waals surface area contributed by atoms with Crippen LogP contribution in [0.15, 0.2) is 0 Å². The van der Waals surface area contributed by atoms with E-state index >= 15 is 0 Å². The van der Waals surface area contributed by atoms with Crippen molar-refractivity contribution in [3.63, 3.8) is 0 Å². The SMILES string of the molecule is CSCCCCCNCC(O)COC(C)(C)C. The molecule has 4 heteroatoms. The van der Waals surface area contributed by atoms with Crippen molar-refractivity contribution in [2.75, 3.05) is 31.7 Å². The summed E-state index contributed by atoms with van der Waals surface area (Å²) >= 11 is 1.90. The van der Waals surface area contributed by atoms with Crippen LogP contribution in [-0.4, -0.2) is 48.5 Å². The molecule has 3 nitrogen and oxygen atoms in total.